The zero-order valence-electron chi connectivity index (χ0n) is 11.8. The van der Waals surface area contributed by atoms with E-state index >= 15 is 0 Å². The van der Waals surface area contributed by atoms with Crippen molar-refractivity contribution < 1.29 is 8.42 Å². The Kier molecular flexibility index (Phi) is 3.21. The molecule has 1 N–H and O–H groups in total. The van der Waals surface area contributed by atoms with Gasteiger partial charge in [0.2, 0.25) is 10.3 Å². The molecule has 0 fully saturated rings. The molecule has 2 aromatic rings. The first-order chi connectivity index (χ1) is 10.4. The molecule has 0 saturated heterocycles. The molecule has 0 amide bonds. The molecular formula is C13H12N4O4S. The molecular weight excluding hydrogens is 308 g/mol. The molecule has 0 saturated carbocycles. The Morgan fingerprint density at radius 1 is 1.23 bits per heavy atom. The van der Waals surface area contributed by atoms with Gasteiger partial charge in [-0.2, -0.15) is 8.42 Å². The van der Waals surface area contributed by atoms with Crippen molar-refractivity contribution >= 4 is 31.9 Å². The van der Waals surface area contributed by atoms with E-state index in [0.29, 0.717) is 5.57 Å². The van der Waals surface area contributed by atoms with Crippen molar-refractivity contribution in [3.05, 3.63) is 44.9 Å². The van der Waals surface area contributed by atoms with Gasteiger partial charge in [-0.1, -0.05) is 18.2 Å². The highest BCUT2D eigenvalue weighted by Gasteiger charge is 2.19. The Hall–Kier alpha value is -2.68. The summed E-state index contributed by atoms with van der Waals surface area (Å²) in [5.41, 5.74) is -0.263. The van der Waals surface area contributed by atoms with E-state index in [9.17, 15) is 18.0 Å². The second-order valence-corrected chi connectivity index (χ2v) is 5.82. The minimum absolute atomic E-state index is 0.158. The predicted octanol–water partition coefficient (Wildman–Crippen LogP) is -0.645. The minimum Gasteiger partial charge on any atom is -0.332 e. The van der Waals surface area contributed by atoms with Gasteiger partial charge in [0.05, 0.1) is 4.86 Å². The third-order valence-corrected chi connectivity index (χ3v) is 4.34. The average Bonchev–Trinajstić information content (AvgIpc) is 2.96. The van der Waals surface area contributed by atoms with Gasteiger partial charge in [0, 0.05) is 26.1 Å². The van der Waals surface area contributed by atoms with Crippen molar-refractivity contribution in [1.82, 2.24) is 19.1 Å². The fraction of sp³-hybridized carbons (Fsp3) is 0.231. The first-order valence-corrected chi connectivity index (χ1v) is 7.47. The highest BCUT2D eigenvalue weighted by atomic mass is 32.2. The fourth-order valence-electron chi connectivity index (χ4n) is 2.36. The number of hydrogen-bond donors (Lipinski definition) is 1. The number of aromatic amines is 1. The SMILES string of the molecule is Cn1c(=O)c2[nH]c(C3=CC=CCC3=S(=O)=O)nc2n(C)c1=O. The molecule has 114 valence electrons. The summed E-state index contributed by atoms with van der Waals surface area (Å²) in [6.45, 7) is 0. The minimum atomic E-state index is -2.39. The molecule has 0 unspecified atom stereocenters. The van der Waals surface area contributed by atoms with Gasteiger partial charge >= 0.3 is 5.69 Å². The molecule has 1 aliphatic carbocycles. The highest BCUT2D eigenvalue weighted by Crippen LogP contribution is 2.20. The van der Waals surface area contributed by atoms with Crippen molar-refractivity contribution in [2.75, 3.05) is 0 Å². The summed E-state index contributed by atoms with van der Waals surface area (Å²) < 4.78 is 24.8. The number of aryl methyl sites for hydroxylation is 1. The quantitative estimate of drug-likeness (QED) is 0.703. The van der Waals surface area contributed by atoms with Crippen LogP contribution in [0.4, 0.5) is 0 Å². The van der Waals surface area contributed by atoms with E-state index in [-0.39, 0.29) is 28.3 Å². The van der Waals surface area contributed by atoms with Crippen molar-refractivity contribution in [2.45, 2.75) is 6.42 Å². The number of hydrogen-bond acceptors (Lipinski definition) is 5. The fourth-order valence-corrected chi connectivity index (χ4v) is 2.94. The number of nitrogens with zero attached hydrogens (tertiary/aromatic N) is 3. The van der Waals surface area contributed by atoms with E-state index in [1.165, 1.54) is 18.7 Å². The van der Waals surface area contributed by atoms with Crippen molar-refractivity contribution in [3.8, 4) is 0 Å². The standard InChI is InChI=1S/C13H12N4O4S/c1-16-11-9(12(18)17(2)13(16)19)14-10(15-11)7-5-3-4-6-8(7)22(20)21/h3-5H,6H2,1-2H3,(H,14,15). The van der Waals surface area contributed by atoms with Crippen LogP contribution in [0.1, 0.15) is 12.2 Å². The molecule has 0 aromatic carbocycles. The molecule has 9 heteroatoms. The smallest absolute Gasteiger partial charge is 0.332 e. The molecule has 0 radical (unpaired) electrons. The number of rotatable bonds is 1. The number of fused-ring (bicyclic) bond motifs is 1. The third-order valence-electron chi connectivity index (χ3n) is 3.55. The van der Waals surface area contributed by atoms with Gasteiger partial charge in [-0.15, -0.1) is 0 Å². The summed E-state index contributed by atoms with van der Waals surface area (Å²) in [4.78, 5) is 31.3. The summed E-state index contributed by atoms with van der Waals surface area (Å²) in [6, 6.07) is 0. The Balaban J connectivity index is 2.38. The Bertz CT molecular complexity index is 1100. The number of allylic oxidation sites excluding steroid dienone is 4. The van der Waals surface area contributed by atoms with E-state index in [2.05, 4.69) is 9.97 Å². The number of nitrogens with one attached hydrogen (secondary N) is 1. The van der Waals surface area contributed by atoms with Crippen LogP contribution in [0, 0.1) is 0 Å². The average molecular weight is 320 g/mol. The largest absolute Gasteiger partial charge is 0.332 e. The van der Waals surface area contributed by atoms with Crippen LogP contribution in [-0.4, -0.2) is 32.4 Å². The summed E-state index contributed by atoms with van der Waals surface area (Å²) >= 11 is 0. The normalized spacial score (nSPS) is 14.5. The van der Waals surface area contributed by atoms with Gasteiger partial charge in [-0.25, -0.2) is 9.78 Å². The van der Waals surface area contributed by atoms with Crippen molar-refractivity contribution in [1.29, 1.82) is 0 Å². The highest BCUT2D eigenvalue weighted by molar-refractivity contribution is 7.74. The predicted molar refractivity (Wildman–Crippen MR) is 82.2 cm³/mol. The lowest BCUT2D eigenvalue weighted by Crippen LogP contribution is -2.36. The molecule has 0 aliphatic heterocycles. The molecule has 2 aromatic heterocycles. The summed E-state index contributed by atoms with van der Waals surface area (Å²) in [7, 11) is 0.484. The molecule has 8 nitrogen and oxygen atoms in total. The van der Waals surface area contributed by atoms with E-state index < -0.39 is 21.5 Å². The van der Waals surface area contributed by atoms with Gasteiger partial charge in [0.15, 0.2) is 5.65 Å². The van der Waals surface area contributed by atoms with Crippen molar-refractivity contribution in [2.24, 2.45) is 14.1 Å². The molecule has 1 aliphatic rings. The second kappa shape index (κ2) is 4.95. The van der Waals surface area contributed by atoms with E-state index in [4.69, 9.17) is 0 Å². The first-order valence-electron chi connectivity index (χ1n) is 6.40. The number of imidazole rings is 1. The molecule has 2 heterocycles. The summed E-state index contributed by atoms with van der Waals surface area (Å²) in [5.74, 6) is 0.247. The van der Waals surface area contributed by atoms with E-state index in [1.54, 1.807) is 18.2 Å². The van der Waals surface area contributed by atoms with Crippen LogP contribution < -0.4 is 11.2 Å². The lowest BCUT2D eigenvalue weighted by molar-refractivity contribution is 0.627. The summed E-state index contributed by atoms with van der Waals surface area (Å²) in [6.07, 6.45) is 5.30. The van der Waals surface area contributed by atoms with Crippen LogP contribution in [0.25, 0.3) is 16.7 Å². The topological polar surface area (TPSA) is 107 Å². The second-order valence-electron chi connectivity index (χ2n) is 4.86. The van der Waals surface area contributed by atoms with Gasteiger partial charge in [0.1, 0.15) is 11.3 Å². The maximum atomic E-state index is 12.1. The molecule has 3 rings (SSSR count). The molecule has 22 heavy (non-hydrogen) atoms. The van der Waals surface area contributed by atoms with Crippen LogP contribution in [0.5, 0.6) is 0 Å². The maximum Gasteiger partial charge on any atom is 0.332 e. The molecule has 0 bridgehead atoms. The van der Waals surface area contributed by atoms with Crippen LogP contribution >= 0.6 is 0 Å². The van der Waals surface area contributed by atoms with E-state index in [0.717, 1.165) is 4.57 Å². The number of H-pyrrole nitrogens is 1. The summed E-state index contributed by atoms with van der Waals surface area (Å²) in [5, 5.41) is 0. The van der Waals surface area contributed by atoms with Gasteiger partial charge in [-0.3, -0.25) is 13.9 Å². The van der Waals surface area contributed by atoms with Crippen LogP contribution in [-0.2, 0) is 24.4 Å². The molecule has 0 atom stereocenters. The van der Waals surface area contributed by atoms with Crippen LogP contribution in [0.15, 0.2) is 27.8 Å². The first kappa shape index (κ1) is 14.3. The Morgan fingerprint density at radius 2 is 1.95 bits per heavy atom. The Morgan fingerprint density at radius 3 is 2.64 bits per heavy atom. The zero-order valence-corrected chi connectivity index (χ0v) is 12.6. The van der Waals surface area contributed by atoms with Crippen molar-refractivity contribution in [3.63, 3.8) is 0 Å². The zero-order chi connectivity index (χ0) is 16.0. The van der Waals surface area contributed by atoms with E-state index in [1.807, 2.05) is 0 Å². The van der Waals surface area contributed by atoms with Gasteiger partial charge in [0.25, 0.3) is 5.56 Å². The lowest BCUT2D eigenvalue weighted by Gasteiger charge is -2.06. The van der Waals surface area contributed by atoms with Crippen LogP contribution in [0.3, 0.4) is 0 Å². The van der Waals surface area contributed by atoms with Crippen LogP contribution in [0.2, 0.25) is 0 Å². The maximum absolute atomic E-state index is 12.1. The van der Waals surface area contributed by atoms with Gasteiger partial charge < -0.3 is 4.98 Å². The third kappa shape index (κ3) is 1.98. The monoisotopic (exact) mass is 320 g/mol. The van der Waals surface area contributed by atoms with Gasteiger partial charge in [-0.05, 0) is 0 Å². The Labute approximate surface area is 125 Å². The lowest BCUT2D eigenvalue weighted by atomic mass is 10.0. The number of aromatic nitrogens is 4. The molecule has 0 spiro atoms.